The van der Waals surface area contributed by atoms with Gasteiger partial charge >= 0.3 is 5.97 Å². The minimum absolute atomic E-state index is 0.0112. The zero-order chi connectivity index (χ0) is 14.9. The number of nitrogens with zero attached hydrogens (tertiary/aromatic N) is 1. The lowest BCUT2D eigenvalue weighted by molar-refractivity contribution is 0.0697. The molecule has 1 aromatic heterocycles. The van der Waals surface area contributed by atoms with Crippen molar-refractivity contribution < 1.29 is 18.7 Å². The van der Waals surface area contributed by atoms with Crippen molar-refractivity contribution in [3.8, 4) is 0 Å². The topological polar surface area (TPSA) is 62.2 Å². The molecule has 0 fully saturated rings. The zero-order valence-electron chi connectivity index (χ0n) is 10.2. The van der Waals surface area contributed by atoms with Crippen LogP contribution in [-0.4, -0.2) is 16.1 Å². The maximum atomic E-state index is 13.7. The van der Waals surface area contributed by atoms with Crippen molar-refractivity contribution in [1.29, 1.82) is 0 Å². The fraction of sp³-hybridized carbons (Fsp3) is 0.0769. The molecule has 0 bridgehead atoms. The van der Waals surface area contributed by atoms with Crippen LogP contribution in [0.25, 0.3) is 0 Å². The minimum Gasteiger partial charge on any atom is -0.478 e. The molecule has 0 saturated heterocycles. The molecule has 0 radical (unpaired) electrons. The number of aromatic carboxylic acids is 1. The molecule has 1 heterocycles. The van der Waals surface area contributed by atoms with Crippen LogP contribution in [0.15, 0.2) is 24.3 Å². The average molecular weight is 299 g/mol. The predicted octanol–water partition coefficient (Wildman–Crippen LogP) is 3.76. The van der Waals surface area contributed by atoms with Crippen LogP contribution in [0.4, 0.5) is 20.3 Å². The Morgan fingerprint density at radius 2 is 1.95 bits per heavy atom. The van der Waals surface area contributed by atoms with E-state index in [1.165, 1.54) is 13.0 Å². The molecule has 0 aliphatic heterocycles. The Bertz CT molecular complexity index is 692. The molecule has 0 saturated carbocycles. The molecular weight excluding hydrogens is 290 g/mol. The van der Waals surface area contributed by atoms with Gasteiger partial charge in [-0.15, -0.1) is 0 Å². The molecule has 1 aromatic carbocycles. The van der Waals surface area contributed by atoms with Gasteiger partial charge in [-0.1, -0.05) is 11.6 Å². The van der Waals surface area contributed by atoms with Gasteiger partial charge in [-0.3, -0.25) is 0 Å². The Kier molecular flexibility index (Phi) is 3.85. The lowest BCUT2D eigenvalue weighted by Crippen LogP contribution is -2.02. The number of benzene rings is 1. The largest absolute Gasteiger partial charge is 0.478 e. The van der Waals surface area contributed by atoms with Crippen molar-refractivity contribution >= 4 is 29.1 Å². The van der Waals surface area contributed by atoms with E-state index < -0.39 is 17.6 Å². The summed E-state index contributed by atoms with van der Waals surface area (Å²) in [5, 5.41) is 11.3. The molecule has 0 amide bonds. The SMILES string of the molecule is Cc1cc(F)c(Nc2cc(C(=O)O)cc(Cl)n2)cc1F. The van der Waals surface area contributed by atoms with Crippen LogP contribution in [0.2, 0.25) is 5.15 Å². The van der Waals surface area contributed by atoms with Crippen molar-refractivity contribution in [3.05, 3.63) is 52.2 Å². The van der Waals surface area contributed by atoms with Crippen LogP contribution < -0.4 is 5.32 Å². The zero-order valence-corrected chi connectivity index (χ0v) is 11.0. The number of aryl methyl sites for hydroxylation is 1. The highest BCUT2D eigenvalue weighted by molar-refractivity contribution is 6.29. The highest BCUT2D eigenvalue weighted by Gasteiger charge is 2.11. The summed E-state index contributed by atoms with van der Waals surface area (Å²) in [5.41, 5.74) is -0.0991. The molecule has 0 atom stereocenters. The molecule has 104 valence electrons. The van der Waals surface area contributed by atoms with Crippen LogP contribution >= 0.6 is 11.6 Å². The Hall–Kier alpha value is -2.21. The van der Waals surface area contributed by atoms with Gasteiger partial charge in [0.2, 0.25) is 0 Å². The number of aromatic nitrogens is 1. The Balaban J connectivity index is 2.40. The summed E-state index contributed by atoms with van der Waals surface area (Å²) in [7, 11) is 0. The van der Waals surface area contributed by atoms with Crippen molar-refractivity contribution in [2.75, 3.05) is 5.32 Å². The average Bonchev–Trinajstić information content (AvgIpc) is 2.35. The highest BCUT2D eigenvalue weighted by atomic mass is 35.5. The van der Waals surface area contributed by atoms with E-state index >= 15 is 0 Å². The van der Waals surface area contributed by atoms with Crippen LogP contribution in [0.3, 0.4) is 0 Å². The Morgan fingerprint density at radius 1 is 1.25 bits per heavy atom. The molecule has 2 aromatic rings. The lowest BCUT2D eigenvalue weighted by Gasteiger charge is -2.09. The molecule has 0 aliphatic carbocycles. The third-order valence-electron chi connectivity index (χ3n) is 2.55. The second kappa shape index (κ2) is 5.42. The second-order valence-corrected chi connectivity index (χ2v) is 4.46. The van der Waals surface area contributed by atoms with Crippen molar-refractivity contribution in [3.63, 3.8) is 0 Å². The molecule has 0 spiro atoms. The minimum atomic E-state index is -1.20. The maximum absolute atomic E-state index is 13.7. The molecule has 20 heavy (non-hydrogen) atoms. The number of carboxylic acids is 1. The van der Waals surface area contributed by atoms with Gasteiger partial charge in [0.15, 0.2) is 0 Å². The number of pyridine rings is 1. The summed E-state index contributed by atoms with van der Waals surface area (Å²) in [6, 6.07) is 4.32. The number of anilines is 2. The molecule has 2 N–H and O–H groups in total. The predicted molar refractivity (Wildman–Crippen MR) is 70.6 cm³/mol. The van der Waals surface area contributed by atoms with Gasteiger partial charge < -0.3 is 10.4 Å². The highest BCUT2D eigenvalue weighted by Crippen LogP contribution is 2.24. The summed E-state index contributed by atoms with van der Waals surface area (Å²) < 4.78 is 27.1. The summed E-state index contributed by atoms with van der Waals surface area (Å²) in [6.45, 7) is 1.43. The van der Waals surface area contributed by atoms with E-state index in [1.54, 1.807) is 0 Å². The summed E-state index contributed by atoms with van der Waals surface area (Å²) >= 11 is 5.67. The molecular formula is C13H9ClF2N2O2. The van der Waals surface area contributed by atoms with E-state index in [9.17, 15) is 13.6 Å². The molecule has 2 rings (SSSR count). The van der Waals surface area contributed by atoms with E-state index in [4.69, 9.17) is 16.7 Å². The van der Waals surface area contributed by atoms with Crippen LogP contribution in [-0.2, 0) is 0 Å². The maximum Gasteiger partial charge on any atom is 0.335 e. The van der Waals surface area contributed by atoms with E-state index in [2.05, 4.69) is 10.3 Å². The van der Waals surface area contributed by atoms with Gasteiger partial charge in [0.05, 0.1) is 11.3 Å². The third kappa shape index (κ3) is 3.03. The Labute approximate surface area is 118 Å². The van der Waals surface area contributed by atoms with Crippen molar-refractivity contribution in [1.82, 2.24) is 4.98 Å². The first kappa shape index (κ1) is 14.2. The number of halogens is 3. The van der Waals surface area contributed by atoms with Gasteiger partial charge in [0.25, 0.3) is 0 Å². The molecule has 4 nitrogen and oxygen atoms in total. The van der Waals surface area contributed by atoms with Crippen molar-refractivity contribution in [2.45, 2.75) is 6.92 Å². The summed E-state index contributed by atoms with van der Waals surface area (Å²) in [6.07, 6.45) is 0. The number of hydrogen-bond donors (Lipinski definition) is 2. The van der Waals surface area contributed by atoms with Crippen LogP contribution in [0.1, 0.15) is 15.9 Å². The number of carboxylic acid groups (broad SMARTS) is 1. The molecule has 7 heteroatoms. The smallest absolute Gasteiger partial charge is 0.335 e. The summed E-state index contributed by atoms with van der Waals surface area (Å²) in [4.78, 5) is 14.7. The number of hydrogen-bond acceptors (Lipinski definition) is 3. The van der Waals surface area contributed by atoms with E-state index in [0.29, 0.717) is 0 Å². The van der Waals surface area contributed by atoms with E-state index in [1.807, 2.05) is 0 Å². The lowest BCUT2D eigenvalue weighted by atomic mass is 10.2. The normalized spacial score (nSPS) is 10.4. The second-order valence-electron chi connectivity index (χ2n) is 4.08. The number of nitrogens with one attached hydrogen (secondary N) is 1. The fourth-order valence-electron chi connectivity index (χ4n) is 1.56. The standard InChI is InChI=1S/C13H9ClF2N2O2/c1-6-2-9(16)10(5-8(6)15)17-12-4-7(13(19)20)3-11(14)18-12/h2-5H,1H3,(H,17,18)(H,19,20). The first-order valence-corrected chi connectivity index (χ1v) is 5.88. The van der Waals surface area contributed by atoms with Crippen LogP contribution in [0.5, 0.6) is 0 Å². The summed E-state index contributed by atoms with van der Waals surface area (Å²) in [5.74, 6) is -2.46. The quantitative estimate of drug-likeness (QED) is 0.847. The number of rotatable bonds is 3. The fourth-order valence-corrected chi connectivity index (χ4v) is 1.77. The van der Waals surface area contributed by atoms with E-state index in [0.717, 1.165) is 18.2 Å². The van der Waals surface area contributed by atoms with Gasteiger partial charge in [0.1, 0.15) is 22.6 Å². The monoisotopic (exact) mass is 298 g/mol. The van der Waals surface area contributed by atoms with Crippen LogP contribution in [0, 0.1) is 18.6 Å². The first-order chi connectivity index (χ1) is 9.36. The Morgan fingerprint density at radius 3 is 2.60 bits per heavy atom. The van der Waals surface area contributed by atoms with E-state index in [-0.39, 0.29) is 27.8 Å². The first-order valence-electron chi connectivity index (χ1n) is 5.50. The van der Waals surface area contributed by atoms with Crippen molar-refractivity contribution in [2.24, 2.45) is 0 Å². The molecule has 0 aliphatic rings. The molecule has 0 unspecified atom stereocenters. The third-order valence-corrected chi connectivity index (χ3v) is 2.75. The number of carbonyl (C=O) groups is 1. The van der Waals surface area contributed by atoms with Gasteiger partial charge in [-0.2, -0.15) is 0 Å². The van der Waals surface area contributed by atoms with Gasteiger partial charge in [0, 0.05) is 6.07 Å². The van der Waals surface area contributed by atoms with Gasteiger partial charge in [-0.05, 0) is 30.7 Å². The van der Waals surface area contributed by atoms with Gasteiger partial charge in [-0.25, -0.2) is 18.6 Å².